The van der Waals surface area contributed by atoms with E-state index in [0.29, 0.717) is 12.1 Å². The normalized spacial score (nSPS) is 28.6. The van der Waals surface area contributed by atoms with Crippen molar-refractivity contribution in [1.82, 2.24) is 10.2 Å². The number of hydrogen-bond acceptors (Lipinski definition) is 3. The van der Waals surface area contributed by atoms with Crippen molar-refractivity contribution in [3.63, 3.8) is 0 Å². The van der Waals surface area contributed by atoms with E-state index in [1.807, 2.05) is 0 Å². The van der Waals surface area contributed by atoms with Crippen molar-refractivity contribution in [3.05, 3.63) is 11.6 Å². The Labute approximate surface area is 117 Å². The second kappa shape index (κ2) is 7.56. The van der Waals surface area contributed by atoms with Crippen molar-refractivity contribution in [2.75, 3.05) is 31.6 Å². The van der Waals surface area contributed by atoms with Crippen molar-refractivity contribution in [1.29, 1.82) is 0 Å². The number of hydrogen-bond donors (Lipinski definition) is 1. The molecule has 2 atom stereocenters. The van der Waals surface area contributed by atoms with Gasteiger partial charge in [-0.1, -0.05) is 25.0 Å². The van der Waals surface area contributed by atoms with Crippen LogP contribution in [0, 0.1) is 0 Å². The third kappa shape index (κ3) is 3.75. The quantitative estimate of drug-likeness (QED) is 0.789. The predicted molar refractivity (Wildman–Crippen MR) is 82.4 cm³/mol. The summed E-state index contributed by atoms with van der Waals surface area (Å²) in [5.74, 6) is 2.58. The summed E-state index contributed by atoms with van der Waals surface area (Å²) >= 11 is 2.12. The van der Waals surface area contributed by atoms with Gasteiger partial charge in [-0.05, 0) is 39.3 Å². The maximum absolute atomic E-state index is 3.76. The number of likely N-dealkylation sites (N-methyl/N-ethyl adjacent to an activating group) is 2. The second-order valence-electron chi connectivity index (χ2n) is 5.54. The lowest BCUT2D eigenvalue weighted by atomic mass is 9.95. The highest BCUT2D eigenvalue weighted by atomic mass is 32.2. The van der Waals surface area contributed by atoms with Crippen LogP contribution in [0.15, 0.2) is 11.6 Å². The molecule has 0 bridgehead atoms. The van der Waals surface area contributed by atoms with Gasteiger partial charge in [-0.15, -0.1) is 0 Å². The highest BCUT2D eigenvalue weighted by Gasteiger charge is 2.29. The summed E-state index contributed by atoms with van der Waals surface area (Å²) in [6, 6.07) is 1.28. The summed E-state index contributed by atoms with van der Waals surface area (Å²) in [4.78, 5) is 2.57. The fourth-order valence-corrected chi connectivity index (χ4v) is 4.38. The van der Waals surface area contributed by atoms with E-state index in [1.54, 1.807) is 5.57 Å². The first-order valence-electron chi connectivity index (χ1n) is 7.53. The van der Waals surface area contributed by atoms with Crippen molar-refractivity contribution in [2.45, 2.75) is 51.1 Å². The van der Waals surface area contributed by atoms with Gasteiger partial charge in [0.05, 0.1) is 0 Å². The van der Waals surface area contributed by atoms with Crippen LogP contribution >= 0.6 is 11.8 Å². The van der Waals surface area contributed by atoms with E-state index in [0.717, 1.165) is 6.54 Å². The van der Waals surface area contributed by atoms with Gasteiger partial charge in [0, 0.05) is 30.1 Å². The molecule has 1 fully saturated rings. The lowest BCUT2D eigenvalue weighted by molar-refractivity contribution is 0.229. The van der Waals surface area contributed by atoms with Crippen LogP contribution in [0.25, 0.3) is 0 Å². The molecule has 1 N–H and O–H groups in total. The zero-order valence-electron chi connectivity index (χ0n) is 12.0. The topological polar surface area (TPSA) is 15.3 Å². The molecule has 104 valence electrons. The number of thioether (sulfide) groups is 1. The van der Waals surface area contributed by atoms with Crippen LogP contribution in [0.5, 0.6) is 0 Å². The highest BCUT2D eigenvalue weighted by Crippen LogP contribution is 2.26. The molecular weight excluding hydrogens is 240 g/mol. The first-order valence-corrected chi connectivity index (χ1v) is 8.68. The molecule has 2 aliphatic rings. The molecular formula is C15H28N2S. The Morgan fingerprint density at radius 1 is 1.44 bits per heavy atom. The van der Waals surface area contributed by atoms with Gasteiger partial charge in [0.2, 0.25) is 0 Å². The van der Waals surface area contributed by atoms with E-state index in [2.05, 4.69) is 42.0 Å². The molecule has 0 spiro atoms. The monoisotopic (exact) mass is 268 g/mol. The SMILES string of the molecule is CCNC(C1=CCCCCC1)C1CSCCN1C. The molecule has 0 saturated carbocycles. The zero-order valence-corrected chi connectivity index (χ0v) is 12.8. The Balaban J connectivity index is 2.07. The maximum Gasteiger partial charge on any atom is 0.0445 e. The molecule has 2 unspecified atom stereocenters. The molecule has 18 heavy (non-hydrogen) atoms. The highest BCUT2D eigenvalue weighted by molar-refractivity contribution is 7.99. The van der Waals surface area contributed by atoms with E-state index in [9.17, 15) is 0 Å². The van der Waals surface area contributed by atoms with Gasteiger partial charge < -0.3 is 5.32 Å². The molecule has 1 aliphatic heterocycles. The minimum Gasteiger partial charge on any atom is -0.309 e. The Morgan fingerprint density at radius 3 is 3.11 bits per heavy atom. The summed E-state index contributed by atoms with van der Waals surface area (Å²) in [5, 5.41) is 3.76. The van der Waals surface area contributed by atoms with Gasteiger partial charge in [-0.2, -0.15) is 11.8 Å². The fourth-order valence-electron chi connectivity index (χ4n) is 3.11. The summed E-state index contributed by atoms with van der Waals surface area (Å²) in [5.41, 5.74) is 1.69. The van der Waals surface area contributed by atoms with Crippen LogP contribution in [0.2, 0.25) is 0 Å². The van der Waals surface area contributed by atoms with Gasteiger partial charge in [-0.25, -0.2) is 0 Å². The van der Waals surface area contributed by atoms with Crippen molar-refractivity contribution >= 4 is 11.8 Å². The van der Waals surface area contributed by atoms with Crippen molar-refractivity contribution in [3.8, 4) is 0 Å². The average molecular weight is 268 g/mol. The lowest BCUT2D eigenvalue weighted by Crippen LogP contribution is -2.53. The fraction of sp³-hybridized carbons (Fsp3) is 0.867. The average Bonchev–Trinajstić information content (AvgIpc) is 2.66. The van der Waals surface area contributed by atoms with E-state index < -0.39 is 0 Å². The van der Waals surface area contributed by atoms with Crippen LogP contribution in [0.3, 0.4) is 0 Å². The van der Waals surface area contributed by atoms with Crippen LogP contribution in [-0.4, -0.2) is 48.6 Å². The number of nitrogens with one attached hydrogen (secondary N) is 1. The Hall–Kier alpha value is 0.01000. The summed E-state index contributed by atoms with van der Waals surface area (Å²) in [7, 11) is 2.30. The Morgan fingerprint density at radius 2 is 2.33 bits per heavy atom. The lowest BCUT2D eigenvalue weighted by Gasteiger charge is -2.39. The molecule has 2 nitrogen and oxygen atoms in total. The van der Waals surface area contributed by atoms with E-state index in [1.165, 1.54) is 50.2 Å². The second-order valence-corrected chi connectivity index (χ2v) is 6.69. The minimum atomic E-state index is 0.589. The number of nitrogens with zero attached hydrogens (tertiary/aromatic N) is 1. The van der Waals surface area contributed by atoms with Gasteiger partial charge in [0.25, 0.3) is 0 Å². The van der Waals surface area contributed by atoms with Crippen LogP contribution in [0.1, 0.15) is 39.0 Å². The molecule has 0 radical (unpaired) electrons. The molecule has 0 aromatic carbocycles. The molecule has 2 rings (SSSR count). The number of allylic oxidation sites excluding steroid dienone is 1. The van der Waals surface area contributed by atoms with Crippen LogP contribution < -0.4 is 5.32 Å². The molecule has 0 amide bonds. The molecule has 0 aromatic heterocycles. The van der Waals surface area contributed by atoms with E-state index in [4.69, 9.17) is 0 Å². The Kier molecular flexibility index (Phi) is 6.06. The van der Waals surface area contributed by atoms with Gasteiger partial charge in [-0.3, -0.25) is 4.90 Å². The van der Waals surface area contributed by atoms with Gasteiger partial charge >= 0.3 is 0 Å². The molecule has 0 aromatic rings. The molecule has 1 heterocycles. The van der Waals surface area contributed by atoms with Gasteiger partial charge in [0.1, 0.15) is 0 Å². The molecule has 1 saturated heterocycles. The third-order valence-corrected chi connectivity index (χ3v) is 5.28. The standard InChI is InChI=1S/C15H28N2S/c1-3-16-15(13-8-6-4-5-7-9-13)14-12-18-11-10-17(14)2/h8,14-16H,3-7,9-12H2,1-2H3. The Bertz CT molecular complexity index is 278. The largest absolute Gasteiger partial charge is 0.309 e. The number of rotatable bonds is 4. The van der Waals surface area contributed by atoms with E-state index >= 15 is 0 Å². The summed E-state index contributed by atoms with van der Waals surface area (Å²) < 4.78 is 0. The third-order valence-electron chi connectivity index (χ3n) is 4.23. The first kappa shape index (κ1) is 14.4. The predicted octanol–water partition coefficient (Wildman–Crippen LogP) is 2.90. The van der Waals surface area contributed by atoms with Crippen LogP contribution in [-0.2, 0) is 0 Å². The first-order chi connectivity index (χ1) is 8.83. The summed E-state index contributed by atoms with van der Waals surface area (Å²) in [6.07, 6.45) is 9.32. The van der Waals surface area contributed by atoms with Crippen molar-refractivity contribution < 1.29 is 0 Å². The maximum atomic E-state index is 3.76. The zero-order chi connectivity index (χ0) is 12.8. The van der Waals surface area contributed by atoms with E-state index in [-0.39, 0.29) is 0 Å². The van der Waals surface area contributed by atoms with Gasteiger partial charge in [0.15, 0.2) is 0 Å². The molecule has 3 heteroatoms. The smallest absolute Gasteiger partial charge is 0.0445 e. The van der Waals surface area contributed by atoms with Crippen LogP contribution in [0.4, 0.5) is 0 Å². The summed E-state index contributed by atoms with van der Waals surface area (Å²) in [6.45, 7) is 4.56. The minimum absolute atomic E-state index is 0.589. The van der Waals surface area contributed by atoms with Crippen molar-refractivity contribution in [2.24, 2.45) is 0 Å². The molecule has 1 aliphatic carbocycles.